The minimum absolute atomic E-state index is 0.145. The highest BCUT2D eigenvalue weighted by Gasteiger charge is 2.25. The average molecular weight is 152 g/mol. The summed E-state index contributed by atoms with van der Waals surface area (Å²) in [5.41, 5.74) is 0. The van der Waals surface area contributed by atoms with Gasteiger partial charge in [0.2, 0.25) is 0 Å². The quantitative estimate of drug-likeness (QED) is 0.411. The lowest BCUT2D eigenvalue weighted by atomic mass is 9.95. The molecule has 0 spiro atoms. The number of rotatable bonds is 3. The highest BCUT2D eigenvalue weighted by molar-refractivity contribution is 6.64. The van der Waals surface area contributed by atoms with E-state index in [1.54, 1.807) is 6.92 Å². The van der Waals surface area contributed by atoms with Gasteiger partial charge in [0.1, 0.15) is 5.78 Å². The van der Waals surface area contributed by atoms with Crippen LogP contribution in [0.3, 0.4) is 0 Å². The molecule has 0 aromatic rings. The molecular formula is C7H11BNO2. The predicted octanol–water partition coefficient (Wildman–Crippen LogP) is -0.293. The second kappa shape index (κ2) is 3.67. The van der Waals surface area contributed by atoms with Crippen molar-refractivity contribution in [1.82, 2.24) is 4.81 Å². The van der Waals surface area contributed by atoms with Crippen molar-refractivity contribution in [3.63, 3.8) is 0 Å². The van der Waals surface area contributed by atoms with Crippen LogP contribution in [0.2, 0.25) is 0 Å². The molecule has 0 amide bonds. The van der Waals surface area contributed by atoms with Crippen molar-refractivity contribution in [2.45, 2.75) is 13.3 Å². The smallest absolute Gasteiger partial charge is 0.293 e. The molecule has 0 bridgehead atoms. The average Bonchev–Trinajstić information content (AvgIpc) is 2.37. The van der Waals surface area contributed by atoms with Crippen molar-refractivity contribution in [1.29, 1.82) is 0 Å². The predicted molar refractivity (Wildman–Crippen MR) is 42.9 cm³/mol. The van der Waals surface area contributed by atoms with E-state index in [0.717, 1.165) is 19.2 Å². The van der Waals surface area contributed by atoms with Crippen molar-refractivity contribution in [2.75, 3.05) is 13.1 Å². The minimum atomic E-state index is 0.145. The monoisotopic (exact) mass is 152 g/mol. The van der Waals surface area contributed by atoms with Gasteiger partial charge in [0.15, 0.2) is 0 Å². The molecule has 11 heavy (non-hydrogen) atoms. The third-order valence-corrected chi connectivity index (χ3v) is 2.07. The Morgan fingerprint density at radius 2 is 2.45 bits per heavy atom. The lowest BCUT2D eigenvalue weighted by Gasteiger charge is -2.08. The summed E-state index contributed by atoms with van der Waals surface area (Å²) in [7, 11) is 1.50. The third-order valence-electron chi connectivity index (χ3n) is 2.07. The fourth-order valence-corrected chi connectivity index (χ4v) is 1.34. The largest absolute Gasteiger partial charge is 0.339 e. The van der Waals surface area contributed by atoms with Gasteiger partial charge in [-0.25, -0.2) is 0 Å². The molecule has 1 rings (SSSR count). The summed E-state index contributed by atoms with van der Waals surface area (Å²) in [4.78, 5) is 22.8. The first kappa shape index (κ1) is 8.46. The molecule has 3 nitrogen and oxygen atoms in total. The maximum Gasteiger partial charge on any atom is 0.293 e. The van der Waals surface area contributed by atoms with Crippen LogP contribution in [0.25, 0.3) is 0 Å². The summed E-state index contributed by atoms with van der Waals surface area (Å²) in [5.74, 6) is 0.373. The summed E-state index contributed by atoms with van der Waals surface area (Å²) in [6.07, 6.45) is 1.65. The molecule has 59 valence electrons. The first-order chi connectivity index (χ1) is 5.24. The zero-order valence-electron chi connectivity index (χ0n) is 6.62. The minimum Gasteiger partial charge on any atom is -0.339 e. The SMILES string of the molecule is CC(=O)C1CCN([B]C=O)C1. The number of nitrogens with zero attached hydrogens (tertiary/aromatic N) is 1. The van der Waals surface area contributed by atoms with Gasteiger partial charge in [-0.3, -0.25) is 4.79 Å². The highest BCUT2D eigenvalue weighted by atomic mass is 16.1. The van der Waals surface area contributed by atoms with E-state index in [1.165, 1.54) is 7.41 Å². The van der Waals surface area contributed by atoms with Crippen LogP contribution >= 0.6 is 0 Å². The lowest BCUT2D eigenvalue weighted by molar-refractivity contribution is -0.120. The van der Waals surface area contributed by atoms with Crippen molar-refractivity contribution in [3.05, 3.63) is 0 Å². The molecule has 1 saturated heterocycles. The number of hydrogen-bond donors (Lipinski definition) is 0. The summed E-state index contributed by atoms with van der Waals surface area (Å²) >= 11 is 0. The molecule has 1 unspecified atom stereocenters. The van der Waals surface area contributed by atoms with E-state index in [1.807, 2.05) is 4.81 Å². The van der Waals surface area contributed by atoms with Crippen LogP contribution in [0, 0.1) is 5.92 Å². The Morgan fingerprint density at radius 3 is 2.91 bits per heavy atom. The summed E-state index contributed by atoms with van der Waals surface area (Å²) < 4.78 is 0. The van der Waals surface area contributed by atoms with Crippen LogP contribution in [0.4, 0.5) is 0 Å². The fourth-order valence-electron chi connectivity index (χ4n) is 1.34. The van der Waals surface area contributed by atoms with Gasteiger partial charge in [-0.2, -0.15) is 0 Å². The van der Waals surface area contributed by atoms with Crippen LogP contribution in [0.5, 0.6) is 0 Å². The molecule has 1 fully saturated rings. The normalized spacial score (nSPS) is 25.0. The molecule has 1 radical (unpaired) electrons. The molecule has 0 saturated carbocycles. The zero-order chi connectivity index (χ0) is 8.27. The first-order valence-electron chi connectivity index (χ1n) is 3.77. The van der Waals surface area contributed by atoms with E-state index >= 15 is 0 Å². The maximum absolute atomic E-state index is 10.9. The number of Topliss-reactive ketones (excluding diaryl/α,β-unsaturated/α-hetero) is 1. The van der Waals surface area contributed by atoms with E-state index in [-0.39, 0.29) is 11.7 Å². The summed E-state index contributed by atoms with van der Waals surface area (Å²) in [5, 5.41) is 0. The Balaban J connectivity index is 2.34. The van der Waals surface area contributed by atoms with Gasteiger partial charge in [0, 0.05) is 5.92 Å². The van der Waals surface area contributed by atoms with Gasteiger partial charge >= 0.3 is 0 Å². The fraction of sp³-hybridized carbons (Fsp3) is 0.714. The lowest BCUT2D eigenvalue weighted by Crippen LogP contribution is -2.27. The van der Waals surface area contributed by atoms with Crippen molar-refractivity contribution in [3.8, 4) is 0 Å². The van der Waals surface area contributed by atoms with Gasteiger partial charge in [0.05, 0.1) is 6.19 Å². The Kier molecular flexibility index (Phi) is 2.82. The van der Waals surface area contributed by atoms with Gasteiger partial charge in [-0.05, 0) is 26.4 Å². The molecule has 0 N–H and O–H groups in total. The third kappa shape index (κ3) is 2.15. The number of hydrogen-bond acceptors (Lipinski definition) is 3. The van der Waals surface area contributed by atoms with Crippen LogP contribution in [0.1, 0.15) is 13.3 Å². The van der Waals surface area contributed by atoms with Crippen LogP contribution < -0.4 is 0 Å². The molecule has 1 aliphatic heterocycles. The second-order valence-electron chi connectivity index (χ2n) is 2.88. The van der Waals surface area contributed by atoms with Crippen LogP contribution in [-0.4, -0.2) is 37.3 Å². The molecular weight excluding hydrogens is 141 g/mol. The Bertz CT molecular complexity index is 172. The number of ketones is 1. The highest BCUT2D eigenvalue weighted by Crippen LogP contribution is 2.14. The first-order valence-corrected chi connectivity index (χ1v) is 3.77. The Hall–Kier alpha value is -0.635. The molecule has 0 aromatic carbocycles. The van der Waals surface area contributed by atoms with E-state index in [9.17, 15) is 9.59 Å². The molecule has 1 aliphatic rings. The molecule has 1 heterocycles. The van der Waals surface area contributed by atoms with E-state index in [2.05, 4.69) is 0 Å². The Morgan fingerprint density at radius 1 is 1.73 bits per heavy atom. The van der Waals surface area contributed by atoms with Crippen molar-refractivity contribution < 1.29 is 9.59 Å². The summed E-state index contributed by atoms with van der Waals surface area (Å²) in [6.45, 7) is 3.16. The molecule has 4 heteroatoms. The number of carbonyl (C=O) groups excluding carboxylic acids is 2. The van der Waals surface area contributed by atoms with Crippen LogP contribution in [0.15, 0.2) is 0 Å². The van der Waals surface area contributed by atoms with Gasteiger partial charge in [-0.1, -0.05) is 0 Å². The second-order valence-corrected chi connectivity index (χ2v) is 2.88. The Labute approximate surface area is 67.0 Å². The van der Waals surface area contributed by atoms with Gasteiger partial charge in [0.25, 0.3) is 7.41 Å². The van der Waals surface area contributed by atoms with E-state index < -0.39 is 0 Å². The molecule has 0 aromatic heterocycles. The van der Waals surface area contributed by atoms with Crippen molar-refractivity contribution in [2.24, 2.45) is 5.92 Å². The molecule has 0 aliphatic carbocycles. The van der Waals surface area contributed by atoms with E-state index in [4.69, 9.17) is 0 Å². The number of carbonyl (C=O) groups is 2. The van der Waals surface area contributed by atoms with E-state index in [0.29, 0.717) is 6.54 Å². The van der Waals surface area contributed by atoms with Gasteiger partial charge in [-0.15, -0.1) is 0 Å². The van der Waals surface area contributed by atoms with Crippen LogP contribution in [-0.2, 0) is 9.59 Å². The summed E-state index contributed by atoms with van der Waals surface area (Å²) in [6, 6.07) is 0. The standard InChI is InChI=1S/C7H11BNO2/c1-6(11)7-2-3-9(4-7)8-5-10/h5,7H,2-4H2,1H3. The van der Waals surface area contributed by atoms with Crippen molar-refractivity contribution >= 4 is 19.4 Å². The zero-order valence-corrected chi connectivity index (χ0v) is 6.62. The topological polar surface area (TPSA) is 37.4 Å². The maximum atomic E-state index is 10.9. The van der Waals surface area contributed by atoms with Gasteiger partial charge < -0.3 is 9.61 Å². The molecule has 1 atom stereocenters.